The number of ether oxygens (including phenoxy) is 2. The monoisotopic (exact) mass is 330 g/mol. The van der Waals surface area contributed by atoms with E-state index >= 15 is 0 Å². The van der Waals surface area contributed by atoms with Gasteiger partial charge in [0.1, 0.15) is 11.5 Å². The average Bonchev–Trinajstić information content (AvgIpc) is 2.58. The van der Waals surface area contributed by atoms with Crippen LogP contribution in [0.2, 0.25) is 0 Å². The number of hydrogen-bond donors (Lipinski definition) is 2. The Labute approximate surface area is 139 Å². The number of aryl methyl sites for hydroxylation is 1. The van der Waals surface area contributed by atoms with Gasteiger partial charge in [0.25, 0.3) is 0 Å². The first-order chi connectivity index (χ1) is 11.5. The lowest BCUT2D eigenvalue weighted by Crippen LogP contribution is -2.11. The summed E-state index contributed by atoms with van der Waals surface area (Å²) in [5.74, 6) is -1.05. The van der Waals surface area contributed by atoms with Crippen molar-refractivity contribution in [3.05, 3.63) is 58.7 Å². The van der Waals surface area contributed by atoms with Gasteiger partial charge in [-0.05, 0) is 48.2 Å². The molecule has 0 aliphatic carbocycles. The molecule has 24 heavy (non-hydrogen) atoms. The van der Waals surface area contributed by atoms with Crippen LogP contribution in [0.25, 0.3) is 0 Å². The van der Waals surface area contributed by atoms with Gasteiger partial charge in [0.15, 0.2) is 0 Å². The van der Waals surface area contributed by atoms with Crippen LogP contribution in [0.4, 0.5) is 0 Å². The van der Waals surface area contributed by atoms with Crippen molar-refractivity contribution < 1.29 is 29.3 Å². The Kier molecular flexibility index (Phi) is 5.42. The number of aromatic carboxylic acids is 2. The van der Waals surface area contributed by atoms with Gasteiger partial charge in [-0.15, -0.1) is 0 Å². The Morgan fingerprint density at radius 2 is 1.38 bits per heavy atom. The molecule has 0 fully saturated rings. The quantitative estimate of drug-likeness (QED) is 0.811. The maximum absolute atomic E-state index is 11.4. The van der Waals surface area contributed by atoms with E-state index in [0.717, 1.165) is 5.56 Å². The van der Waals surface area contributed by atoms with Gasteiger partial charge in [0, 0.05) is 6.07 Å². The van der Waals surface area contributed by atoms with Crippen molar-refractivity contribution in [3.8, 4) is 11.5 Å². The average molecular weight is 330 g/mol. The normalized spacial score (nSPS) is 10.2. The summed E-state index contributed by atoms with van der Waals surface area (Å²) in [6.45, 7) is 0. The molecule has 0 heterocycles. The van der Waals surface area contributed by atoms with E-state index < -0.39 is 11.9 Å². The third-order valence-electron chi connectivity index (χ3n) is 3.71. The van der Waals surface area contributed by atoms with E-state index in [4.69, 9.17) is 9.47 Å². The molecule has 2 rings (SSSR count). The SMILES string of the molecule is COc1cc(CCc2c(C(=O)O)cccc2C(=O)O)cc(OC)c1. The van der Waals surface area contributed by atoms with E-state index in [1.165, 1.54) is 18.2 Å². The maximum Gasteiger partial charge on any atom is 0.335 e. The minimum Gasteiger partial charge on any atom is -0.497 e. The minimum atomic E-state index is -1.14. The fourth-order valence-corrected chi connectivity index (χ4v) is 2.54. The van der Waals surface area contributed by atoms with Gasteiger partial charge in [0.05, 0.1) is 25.3 Å². The van der Waals surface area contributed by atoms with Crippen LogP contribution in [-0.2, 0) is 12.8 Å². The predicted molar refractivity (Wildman–Crippen MR) is 87.3 cm³/mol. The fourth-order valence-electron chi connectivity index (χ4n) is 2.54. The molecule has 2 aromatic rings. The molecule has 0 saturated carbocycles. The highest BCUT2D eigenvalue weighted by atomic mass is 16.5. The van der Waals surface area contributed by atoms with Gasteiger partial charge >= 0.3 is 11.9 Å². The smallest absolute Gasteiger partial charge is 0.335 e. The predicted octanol–water partition coefficient (Wildman–Crippen LogP) is 2.89. The van der Waals surface area contributed by atoms with Crippen molar-refractivity contribution >= 4 is 11.9 Å². The lowest BCUT2D eigenvalue weighted by atomic mass is 9.94. The Morgan fingerprint density at radius 1 is 0.875 bits per heavy atom. The fraction of sp³-hybridized carbons (Fsp3) is 0.222. The number of carboxylic acids is 2. The van der Waals surface area contributed by atoms with E-state index in [2.05, 4.69) is 0 Å². The molecule has 0 radical (unpaired) electrons. The van der Waals surface area contributed by atoms with E-state index in [9.17, 15) is 19.8 Å². The zero-order chi connectivity index (χ0) is 17.7. The lowest BCUT2D eigenvalue weighted by Gasteiger charge is -2.12. The minimum absolute atomic E-state index is 0.00441. The summed E-state index contributed by atoms with van der Waals surface area (Å²) in [5.41, 5.74) is 1.18. The van der Waals surface area contributed by atoms with Crippen molar-refractivity contribution in [2.75, 3.05) is 14.2 Å². The molecule has 0 amide bonds. The van der Waals surface area contributed by atoms with E-state index in [1.54, 1.807) is 20.3 Å². The standard InChI is InChI=1S/C18H18O6/c1-23-12-8-11(9-13(10-12)24-2)6-7-14-15(17(19)20)4-3-5-16(14)18(21)22/h3-5,8-10H,6-7H2,1-2H3,(H,19,20)(H,21,22). The van der Waals surface area contributed by atoms with Crippen LogP contribution in [0.1, 0.15) is 31.8 Å². The van der Waals surface area contributed by atoms with Crippen LogP contribution in [0.5, 0.6) is 11.5 Å². The van der Waals surface area contributed by atoms with Gasteiger partial charge in [-0.1, -0.05) is 6.07 Å². The van der Waals surface area contributed by atoms with Crippen LogP contribution in [0.15, 0.2) is 36.4 Å². The molecule has 126 valence electrons. The van der Waals surface area contributed by atoms with E-state index in [1.807, 2.05) is 12.1 Å². The van der Waals surface area contributed by atoms with Crippen molar-refractivity contribution in [3.63, 3.8) is 0 Å². The maximum atomic E-state index is 11.4. The Balaban J connectivity index is 2.35. The molecule has 0 aromatic heterocycles. The summed E-state index contributed by atoms with van der Waals surface area (Å²) < 4.78 is 10.4. The molecule has 6 heteroatoms. The molecule has 2 N–H and O–H groups in total. The Morgan fingerprint density at radius 3 is 1.79 bits per heavy atom. The van der Waals surface area contributed by atoms with Gasteiger partial charge < -0.3 is 19.7 Å². The molecular weight excluding hydrogens is 312 g/mol. The molecule has 0 unspecified atom stereocenters. The molecule has 0 bridgehead atoms. The molecule has 6 nitrogen and oxygen atoms in total. The zero-order valence-corrected chi connectivity index (χ0v) is 13.4. The molecule has 2 aromatic carbocycles. The summed E-state index contributed by atoms with van der Waals surface area (Å²) in [4.78, 5) is 22.8. The topological polar surface area (TPSA) is 93.1 Å². The molecular formula is C18H18O6. The van der Waals surface area contributed by atoms with Gasteiger partial charge in [0.2, 0.25) is 0 Å². The van der Waals surface area contributed by atoms with Crippen LogP contribution in [0, 0.1) is 0 Å². The number of benzene rings is 2. The van der Waals surface area contributed by atoms with Crippen LogP contribution in [0.3, 0.4) is 0 Å². The summed E-state index contributed by atoms with van der Waals surface area (Å²) in [5, 5.41) is 18.6. The van der Waals surface area contributed by atoms with E-state index in [0.29, 0.717) is 23.5 Å². The zero-order valence-electron chi connectivity index (χ0n) is 13.4. The van der Waals surface area contributed by atoms with Crippen molar-refractivity contribution in [2.45, 2.75) is 12.8 Å². The third-order valence-corrected chi connectivity index (χ3v) is 3.71. The molecule has 0 aliphatic rings. The van der Waals surface area contributed by atoms with Crippen LogP contribution < -0.4 is 9.47 Å². The number of rotatable bonds is 7. The summed E-state index contributed by atoms with van der Waals surface area (Å²) in [6, 6.07) is 9.62. The van der Waals surface area contributed by atoms with Crippen LogP contribution in [-0.4, -0.2) is 36.4 Å². The highest BCUT2D eigenvalue weighted by Crippen LogP contribution is 2.25. The number of carbonyl (C=O) groups is 2. The Bertz CT molecular complexity index is 712. The second-order valence-electron chi connectivity index (χ2n) is 5.16. The van der Waals surface area contributed by atoms with E-state index in [-0.39, 0.29) is 17.5 Å². The highest BCUT2D eigenvalue weighted by molar-refractivity contribution is 5.96. The second-order valence-corrected chi connectivity index (χ2v) is 5.16. The lowest BCUT2D eigenvalue weighted by molar-refractivity contribution is 0.0695. The highest BCUT2D eigenvalue weighted by Gasteiger charge is 2.18. The number of methoxy groups -OCH3 is 2. The molecule has 0 spiro atoms. The molecule has 0 aliphatic heterocycles. The van der Waals surface area contributed by atoms with Crippen LogP contribution >= 0.6 is 0 Å². The van der Waals surface area contributed by atoms with Crippen molar-refractivity contribution in [1.82, 2.24) is 0 Å². The van der Waals surface area contributed by atoms with Gasteiger partial charge in [-0.3, -0.25) is 0 Å². The first-order valence-electron chi connectivity index (χ1n) is 7.26. The first kappa shape index (κ1) is 17.3. The second kappa shape index (κ2) is 7.50. The summed E-state index contributed by atoms with van der Waals surface area (Å²) >= 11 is 0. The Hall–Kier alpha value is -3.02. The van der Waals surface area contributed by atoms with Crippen molar-refractivity contribution in [1.29, 1.82) is 0 Å². The molecule has 0 atom stereocenters. The number of hydrogen-bond acceptors (Lipinski definition) is 4. The van der Waals surface area contributed by atoms with Gasteiger partial charge in [-0.2, -0.15) is 0 Å². The summed E-state index contributed by atoms with van der Waals surface area (Å²) in [7, 11) is 3.08. The third kappa shape index (κ3) is 3.84. The molecule has 0 saturated heterocycles. The summed E-state index contributed by atoms with van der Waals surface area (Å²) in [6.07, 6.45) is 0.735. The van der Waals surface area contributed by atoms with Crippen molar-refractivity contribution in [2.24, 2.45) is 0 Å². The van der Waals surface area contributed by atoms with Gasteiger partial charge in [-0.25, -0.2) is 9.59 Å². The largest absolute Gasteiger partial charge is 0.497 e. The first-order valence-corrected chi connectivity index (χ1v) is 7.26. The number of carboxylic acid groups (broad SMARTS) is 2.